The van der Waals surface area contributed by atoms with E-state index in [1.807, 2.05) is 30.3 Å². The van der Waals surface area contributed by atoms with Crippen molar-refractivity contribution in [3.8, 4) is 34.2 Å². The lowest BCUT2D eigenvalue weighted by atomic mass is 10.1. The molecule has 7 nitrogen and oxygen atoms in total. The van der Waals surface area contributed by atoms with Gasteiger partial charge in [-0.2, -0.15) is 4.98 Å². The minimum atomic E-state index is -0.166. The summed E-state index contributed by atoms with van der Waals surface area (Å²) in [6.07, 6.45) is 0. The van der Waals surface area contributed by atoms with E-state index in [2.05, 4.69) is 10.1 Å². The third-order valence-corrected chi connectivity index (χ3v) is 4.71. The summed E-state index contributed by atoms with van der Waals surface area (Å²) in [6, 6.07) is 22.4. The van der Waals surface area contributed by atoms with Crippen LogP contribution in [0.2, 0.25) is 0 Å². The second-order valence-electron chi connectivity index (χ2n) is 6.85. The zero-order valence-corrected chi connectivity index (χ0v) is 16.2. The van der Waals surface area contributed by atoms with Crippen LogP contribution in [0.5, 0.6) is 11.5 Å². The van der Waals surface area contributed by atoms with Crippen LogP contribution in [-0.2, 0) is 6.61 Å². The highest BCUT2D eigenvalue weighted by atomic mass is 16.5. The van der Waals surface area contributed by atoms with Gasteiger partial charge < -0.3 is 18.8 Å². The maximum absolute atomic E-state index is 12.5. The molecule has 0 aliphatic heterocycles. The Balaban J connectivity index is 1.39. The summed E-state index contributed by atoms with van der Waals surface area (Å²) in [4.78, 5) is 16.8. The highest BCUT2D eigenvalue weighted by molar-refractivity contribution is 5.80. The summed E-state index contributed by atoms with van der Waals surface area (Å²) in [5.74, 6) is 1.86. The molecule has 1 N–H and O–H groups in total. The van der Waals surface area contributed by atoms with Gasteiger partial charge in [-0.15, -0.1) is 0 Å². The number of phenols is 1. The Kier molecular flexibility index (Phi) is 4.68. The summed E-state index contributed by atoms with van der Waals surface area (Å²) in [5.41, 5.74) is 1.76. The van der Waals surface area contributed by atoms with Gasteiger partial charge in [-0.1, -0.05) is 35.5 Å². The van der Waals surface area contributed by atoms with E-state index >= 15 is 0 Å². The lowest BCUT2D eigenvalue weighted by Gasteiger charge is -2.06. The molecule has 5 rings (SSSR count). The van der Waals surface area contributed by atoms with Crippen molar-refractivity contribution < 1.29 is 18.8 Å². The van der Waals surface area contributed by atoms with Gasteiger partial charge in [0.25, 0.3) is 5.89 Å². The van der Waals surface area contributed by atoms with Crippen LogP contribution < -0.4 is 10.2 Å². The van der Waals surface area contributed by atoms with Crippen LogP contribution in [-0.4, -0.2) is 15.2 Å². The normalized spacial score (nSPS) is 11.0. The standard InChI is InChI=1S/C24H16N2O5/c27-17-8-6-15(7-9-17)21-13-20(28)19-11-10-18(12-22(19)30-21)29-14-23-25-24(26-31-23)16-4-2-1-3-5-16/h1-13,27H,14H2. The van der Waals surface area contributed by atoms with Crippen LogP contribution in [0.3, 0.4) is 0 Å². The van der Waals surface area contributed by atoms with E-state index in [0.717, 1.165) is 5.56 Å². The number of aromatic nitrogens is 2. The summed E-state index contributed by atoms with van der Waals surface area (Å²) in [6.45, 7) is 0.0766. The largest absolute Gasteiger partial charge is 0.508 e. The first-order valence-corrected chi connectivity index (χ1v) is 9.54. The van der Waals surface area contributed by atoms with Gasteiger partial charge in [0, 0.05) is 23.3 Å². The summed E-state index contributed by atoms with van der Waals surface area (Å²) in [5, 5.41) is 13.9. The van der Waals surface area contributed by atoms with Gasteiger partial charge in [0.2, 0.25) is 5.82 Å². The number of rotatable bonds is 5. The molecule has 0 saturated carbocycles. The highest BCUT2D eigenvalue weighted by Crippen LogP contribution is 2.26. The van der Waals surface area contributed by atoms with Crippen molar-refractivity contribution in [2.75, 3.05) is 0 Å². The molecule has 0 atom stereocenters. The average molecular weight is 412 g/mol. The fourth-order valence-electron chi connectivity index (χ4n) is 3.16. The number of hydrogen-bond acceptors (Lipinski definition) is 7. The second kappa shape index (κ2) is 7.79. The summed E-state index contributed by atoms with van der Waals surface area (Å²) >= 11 is 0. The molecule has 0 aliphatic rings. The number of nitrogens with zero attached hydrogens (tertiary/aromatic N) is 2. The van der Waals surface area contributed by atoms with Crippen molar-refractivity contribution in [2.24, 2.45) is 0 Å². The second-order valence-corrected chi connectivity index (χ2v) is 6.85. The molecule has 5 aromatic rings. The number of aromatic hydroxyl groups is 1. The van der Waals surface area contributed by atoms with Gasteiger partial charge in [0.15, 0.2) is 12.0 Å². The third kappa shape index (κ3) is 3.89. The Bertz CT molecular complexity index is 1410. The zero-order valence-electron chi connectivity index (χ0n) is 16.2. The molecular formula is C24H16N2O5. The number of fused-ring (bicyclic) bond motifs is 1. The van der Waals surface area contributed by atoms with Gasteiger partial charge in [-0.3, -0.25) is 4.79 Å². The number of phenolic OH excluding ortho intramolecular Hbond substituents is 1. The molecule has 0 aliphatic carbocycles. The Morgan fingerprint density at radius 3 is 2.52 bits per heavy atom. The SMILES string of the molecule is O=c1cc(-c2ccc(O)cc2)oc2cc(OCc3nc(-c4ccccc4)no3)ccc12. The molecule has 0 spiro atoms. The monoisotopic (exact) mass is 412 g/mol. The van der Waals surface area contributed by atoms with E-state index < -0.39 is 0 Å². The maximum Gasteiger partial charge on any atom is 0.264 e. The Labute approximate surface area is 176 Å². The van der Waals surface area contributed by atoms with Gasteiger partial charge in [0.1, 0.15) is 22.8 Å². The molecule has 0 amide bonds. The first-order chi connectivity index (χ1) is 15.2. The van der Waals surface area contributed by atoms with E-state index in [9.17, 15) is 9.90 Å². The van der Waals surface area contributed by atoms with Crippen LogP contribution in [0.1, 0.15) is 5.89 Å². The van der Waals surface area contributed by atoms with Crippen LogP contribution >= 0.6 is 0 Å². The fraction of sp³-hybridized carbons (Fsp3) is 0.0417. The van der Waals surface area contributed by atoms with E-state index in [-0.39, 0.29) is 17.8 Å². The number of ether oxygens (including phenoxy) is 1. The molecule has 152 valence electrons. The lowest BCUT2D eigenvalue weighted by Crippen LogP contribution is -2.01. The average Bonchev–Trinajstić information content (AvgIpc) is 3.28. The van der Waals surface area contributed by atoms with Gasteiger partial charge >= 0.3 is 0 Å². The van der Waals surface area contributed by atoms with Gasteiger partial charge in [-0.05, 0) is 36.4 Å². The van der Waals surface area contributed by atoms with E-state index in [4.69, 9.17) is 13.7 Å². The van der Waals surface area contributed by atoms with Crippen LogP contribution in [0, 0.1) is 0 Å². The van der Waals surface area contributed by atoms with Crippen molar-refractivity contribution in [3.05, 3.63) is 95.0 Å². The van der Waals surface area contributed by atoms with Crippen molar-refractivity contribution in [1.82, 2.24) is 10.1 Å². The van der Waals surface area contributed by atoms with E-state index in [0.29, 0.717) is 39.8 Å². The zero-order chi connectivity index (χ0) is 21.2. The lowest BCUT2D eigenvalue weighted by molar-refractivity contribution is 0.243. The molecule has 7 heteroatoms. The van der Waals surface area contributed by atoms with Crippen LogP contribution in [0.25, 0.3) is 33.7 Å². The molecule has 0 fully saturated rings. The predicted molar refractivity (Wildman–Crippen MR) is 114 cm³/mol. The van der Waals surface area contributed by atoms with Crippen molar-refractivity contribution in [3.63, 3.8) is 0 Å². The molecule has 2 heterocycles. The molecule has 0 unspecified atom stereocenters. The smallest absolute Gasteiger partial charge is 0.264 e. The van der Waals surface area contributed by atoms with Crippen molar-refractivity contribution in [2.45, 2.75) is 6.61 Å². The highest BCUT2D eigenvalue weighted by Gasteiger charge is 2.11. The molecule has 3 aromatic carbocycles. The first kappa shape index (κ1) is 18.6. The minimum absolute atomic E-state index is 0.0766. The summed E-state index contributed by atoms with van der Waals surface area (Å²) in [7, 11) is 0. The van der Waals surface area contributed by atoms with Gasteiger partial charge in [0.05, 0.1) is 5.39 Å². The molecule has 0 saturated heterocycles. The molecule has 0 radical (unpaired) electrons. The van der Waals surface area contributed by atoms with Gasteiger partial charge in [-0.25, -0.2) is 0 Å². The molecule has 31 heavy (non-hydrogen) atoms. The fourth-order valence-corrected chi connectivity index (χ4v) is 3.16. The number of benzene rings is 3. The van der Waals surface area contributed by atoms with Crippen LogP contribution in [0.4, 0.5) is 0 Å². The van der Waals surface area contributed by atoms with Crippen LogP contribution in [0.15, 0.2) is 92.6 Å². The Morgan fingerprint density at radius 2 is 1.71 bits per heavy atom. The van der Waals surface area contributed by atoms with E-state index in [1.165, 1.54) is 18.2 Å². The van der Waals surface area contributed by atoms with E-state index in [1.54, 1.807) is 30.3 Å². The quantitative estimate of drug-likeness (QED) is 0.443. The summed E-state index contributed by atoms with van der Waals surface area (Å²) < 4.78 is 16.9. The van der Waals surface area contributed by atoms with Crippen molar-refractivity contribution in [1.29, 1.82) is 0 Å². The van der Waals surface area contributed by atoms with Crippen molar-refractivity contribution >= 4 is 11.0 Å². The Hall–Kier alpha value is -4.39. The Morgan fingerprint density at radius 1 is 0.903 bits per heavy atom. The molecule has 2 aromatic heterocycles. The molecular weight excluding hydrogens is 396 g/mol. The topological polar surface area (TPSA) is 98.6 Å². The minimum Gasteiger partial charge on any atom is -0.508 e. The maximum atomic E-state index is 12.5. The first-order valence-electron chi connectivity index (χ1n) is 9.54. The third-order valence-electron chi connectivity index (χ3n) is 4.71. The number of hydrogen-bond donors (Lipinski definition) is 1. The predicted octanol–water partition coefficient (Wildman–Crippen LogP) is 4.79. The molecule has 0 bridgehead atoms.